The molecule has 1 spiro atoms. The summed E-state index contributed by atoms with van der Waals surface area (Å²) in [6, 6.07) is 4.93. The molecule has 0 bridgehead atoms. The fourth-order valence-corrected chi connectivity index (χ4v) is 4.01. The van der Waals surface area contributed by atoms with Gasteiger partial charge in [-0.1, -0.05) is 6.07 Å². The van der Waals surface area contributed by atoms with Crippen LogP contribution in [0.25, 0.3) is 0 Å². The summed E-state index contributed by atoms with van der Waals surface area (Å²) in [7, 11) is 1.58. The van der Waals surface area contributed by atoms with Gasteiger partial charge in [0.15, 0.2) is 0 Å². The molecule has 158 valence electrons. The fourth-order valence-electron chi connectivity index (χ4n) is 4.01. The number of likely N-dealkylation sites (tertiary alicyclic amines) is 1. The lowest BCUT2D eigenvalue weighted by molar-refractivity contribution is -0.139. The molecule has 3 N–H and O–H groups in total. The van der Waals surface area contributed by atoms with Crippen molar-refractivity contribution in [3.8, 4) is 0 Å². The Morgan fingerprint density at radius 2 is 2.03 bits per heavy atom. The van der Waals surface area contributed by atoms with Gasteiger partial charge >= 0.3 is 0 Å². The first-order valence-corrected chi connectivity index (χ1v) is 10.0. The van der Waals surface area contributed by atoms with E-state index in [0.29, 0.717) is 31.6 Å². The number of carbonyl (C=O) groups excluding carboxylic acids is 3. The van der Waals surface area contributed by atoms with Gasteiger partial charge in [0, 0.05) is 38.2 Å². The molecule has 3 amide bonds. The van der Waals surface area contributed by atoms with Gasteiger partial charge < -0.3 is 25.6 Å². The third-order valence-electron chi connectivity index (χ3n) is 5.66. The van der Waals surface area contributed by atoms with Crippen molar-refractivity contribution in [3.63, 3.8) is 0 Å². The van der Waals surface area contributed by atoms with Gasteiger partial charge in [-0.05, 0) is 44.9 Å². The molecular weight excluding hydrogens is 372 g/mol. The number of hydrogen-bond donors (Lipinski definition) is 3. The minimum atomic E-state index is -0.693. The molecule has 8 heteroatoms. The minimum Gasteiger partial charge on any atom is -0.383 e. The lowest BCUT2D eigenvalue weighted by atomic mass is 9.94. The molecule has 1 fully saturated rings. The number of nitrogens with zero attached hydrogens (tertiary/aromatic N) is 1. The summed E-state index contributed by atoms with van der Waals surface area (Å²) < 4.78 is 5.05. The van der Waals surface area contributed by atoms with Crippen LogP contribution in [-0.2, 0) is 14.3 Å². The first-order valence-electron chi connectivity index (χ1n) is 10.0. The maximum Gasteiger partial charge on any atom is 0.255 e. The van der Waals surface area contributed by atoms with Crippen molar-refractivity contribution in [1.29, 1.82) is 0 Å². The molecule has 29 heavy (non-hydrogen) atoms. The van der Waals surface area contributed by atoms with E-state index in [9.17, 15) is 14.4 Å². The number of carbonyl (C=O) groups is 3. The Morgan fingerprint density at radius 3 is 2.76 bits per heavy atom. The monoisotopic (exact) mass is 402 g/mol. The predicted molar refractivity (Wildman–Crippen MR) is 110 cm³/mol. The largest absolute Gasteiger partial charge is 0.383 e. The van der Waals surface area contributed by atoms with Crippen LogP contribution in [0.1, 0.15) is 49.0 Å². The van der Waals surface area contributed by atoms with E-state index >= 15 is 0 Å². The second kappa shape index (κ2) is 8.41. The Balaban J connectivity index is 1.73. The summed E-state index contributed by atoms with van der Waals surface area (Å²) in [5.41, 5.74) is 1.76. The summed E-state index contributed by atoms with van der Waals surface area (Å²) in [5, 5.41) is 9.39. The van der Waals surface area contributed by atoms with Crippen molar-refractivity contribution < 1.29 is 19.1 Å². The fraction of sp³-hybridized carbons (Fsp3) is 0.571. The molecule has 0 aliphatic carbocycles. The van der Waals surface area contributed by atoms with Gasteiger partial charge in [0.1, 0.15) is 11.7 Å². The van der Waals surface area contributed by atoms with E-state index < -0.39 is 11.7 Å². The Bertz CT molecular complexity index is 812. The molecule has 1 saturated heterocycles. The van der Waals surface area contributed by atoms with Crippen LogP contribution in [-0.4, -0.2) is 60.6 Å². The summed E-state index contributed by atoms with van der Waals surface area (Å²) in [6.45, 7) is 6.35. The van der Waals surface area contributed by atoms with Crippen LogP contribution in [0.2, 0.25) is 0 Å². The van der Waals surface area contributed by atoms with Crippen LogP contribution in [0.4, 0.5) is 5.69 Å². The van der Waals surface area contributed by atoms with Gasteiger partial charge in [-0.25, -0.2) is 0 Å². The molecule has 8 nitrogen and oxygen atoms in total. The van der Waals surface area contributed by atoms with Crippen molar-refractivity contribution in [2.45, 2.75) is 57.8 Å². The molecule has 0 radical (unpaired) electrons. The highest BCUT2D eigenvalue weighted by molar-refractivity contribution is 6.02. The van der Waals surface area contributed by atoms with Crippen molar-refractivity contribution in [2.24, 2.45) is 0 Å². The van der Waals surface area contributed by atoms with E-state index in [4.69, 9.17) is 4.74 Å². The third-order valence-corrected chi connectivity index (χ3v) is 5.66. The van der Waals surface area contributed by atoms with Crippen LogP contribution in [0.5, 0.6) is 0 Å². The summed E-state index contributed by atoms with van der Waals surface area (Å²) in [4.78, 5) is 39.6. The lowest BCUT2D eigenvalue weighted by Gasteiger charge is -2.40. The number of amides is 3. The molecule has 3 rings (SSSR count). The lowest BCUT2D eigenvalue weighted by Crippen LogP contribution is -2.58. The molecule has 0 saturated carbocycles. The minimum absolute atomic E-state index is 0.0880. The van der Waals surface area contributed by atoms with Crippen molar-refractivity contribution in [1.82, 2.24) is 15.5 Å². The van der Waals surface area contributed by atoms with Gasteiger partial charge in [-0.2, -0.15) is 0 Å². The highest BCUT2D eigenvalue weighted by Crippen LogP contribution is 2.32. The highest BCUT2D eigenvalue weighted by Gasteiger charge is 2.41. The SMILES string of the molecule is COC[C@H](C)NC(=O)[C@@H](C)N1CC[C@@]2(CCC1=O)NC(=O)c1ccc(C)cc1N2. The predicted octanol–water partition coefficient (Wildman–Crippen LogP) is 1.40. The molecule has 2 heterocycles. The van der Waals surface area contributed by atoms with Crippen molar-refractivity contribution in [3.05, 3.63) is 29.3 Å². The number of hydrogen-bond acceptors (Lipinski definition) is 5. The Labute approximate surface area is 171 Å². The van der Waals surface area contributed by atoms with Gasteiger partial charge in [0.2, 0.25) is 11.8 Å². The van der Waals surface area contributed by atoms with Crippen molar-refractivity contribution >= 4 is 23.4 Å². The zero-order valence-corrected chi connectivity index (χ0v) is 17.5. The molecule has 1 aromatic carbocycles. The Hall–Kier alpha value is -2.61. The number of methoxy groups -OCH3 is 1. The maximum atomic E-state index is 12.8. The number of ether oxygens (including phenoxy) is 1. The molecular formula is C21H30N4O4. The molecule has 1 aromatic rings. The van der Waals surface area contributed by atoms with E-state index in [1.54, 1.807) is 18.9 Å². The third kappa shape index (κ3) is 4.53. The highest BCUT2D eigenvalue weighted by atomic mass is 16.5. The van der Waals surface area contributed by atoms with Gasteiger partial charge in [0.25, 0.3) is 5.91 Å². The van der Waals surface area contributed by atoms with Crippen LogP contribution >= 0.6 is 0 Å². The number of anilines is 1. The number of rotatable bonds is 5. The maximum absolute atomic E-state index is 12.8. The van der Waals surface area contributed by atoms with E-state index in [1.807, 2.05) is 32.0 Å². The molecule has 0 unspecified atom stereocenters. The molecule has 3 atom stereocenters. The standard InChI is InChI=1S/C21H30N4O4/c1-13-5-6-16-17(11-13)23-21(24-20(16)28)8-7-18(26)25(10-9-21)15(3)19(27)22-14(2)12-29-4/h5-6,11,14-15,23H,7-10,12H2,1-4H3,(H,22,27)(H,24,28)/t14-,15+,21+/m0/s1. The van der Waals surface area contributed by atoms with Crippen LogP contribution in [0.3, 0.4) is 0 Å². The van der Waals surface area contributed by atoms with Crippen LogP contribution < -0.4 is 16.0 Å². The van der Waals surface area contributed by atoms with E-state index in [0.717, 1.165) is 11.3 Å². The summed E-state index contributed by atoms with van der Waals surface area (Å²) >= 11 is 0. The number of benzene rings is 1. The topological polar surface area (TPSA) is 99.8 Å². The zero-order valence-electron chi connectivity index (χ0n) is 17.5. The van der Waals surface area contributed by atoms with E-state index in [-0.39, 0.29) is 30.2 Å². The first kappa shape index (κ1) is 21.1. The second-order valence-corrected chi connectivity index (χ2v) is 8.09. The Morgan fingerprint density at radius 1 is 1.28 bits per heavy atom. The van der Waals surface area contributed by atoms with Gasteiger partial charge in [0.05, 0.1) is 12.2 Å². The molecule has 2 aliphatic rings. The Kier molecular flexibility index (Phi) is 6.12. The molecule has 0 aromatic heterocycles. The van der Waals surface area contributed by atoms with Crippen LogP contribution in [0, 0.1) is 6.92 Å². The number of aryl methyl sites for hydroxylation is 1. The number of nitrogens with one attached hydrogen (secondary N) is 3. The quantitative estimate of drug-likeness (QED) is 0.691. The van der Waals surface area contributed by atoms with Gasteiger partial charge in [-0.3, -0.25) is 14.4 Å². The first-order chi connectivity index (χ1) is 13.7. The van der Waals surface area contributed by atoms with E-state index in [1.165, 1.54) is 0 Å². The smallest absolute Gasteiger partial charge is 0.255 e. The summed E-state index contributed by atoms with van der Waals surface area (Å²) in [6.07, 6.45) is 1.23. The second-order valence-electron chi connectivity index (χ2n) is 8.09. The van der Waals surface area contributed by atoms with Gasteiger partial charge in [-0.15, -0.1) is 0 Å². The van der Waals surface area contributed by atoms with E-state index in [2.05, 4.69) is 16.0 Å². The van der Waals surface area contributed by atoms with Crippen molar-refractivity contribution in [2.75, 3.05) is 25.6 Å². The average molecular weight is 402 g/mol. The average Bonchev–Trinajstić information content (AvgIpc) is 2.80. The molecule has 2 aliphatic heterocycles. The van der Waals surface area contributed by atoms with Crippen LogP contribution in [0.15, 0.2) is 18.2 Å². The normalized spacial score (nSPS) is 23.5. The zero-order chi connectivity index (χ0) is 21.2. The number of fused-ring (bicyclic) bond motifs is 1. The summed E-state index contributed by atoms with van der Waals surface area (Å²) in [5.74, 6) is -0.436.